The summed E-state index contributed by atoms with van der Waals surface area (Å²) in [6.07, 6.45) is 6.53. The number of carbonyl (C=O) groups is 2. The number of rotatable bonds is 18. The zero-order valence-corrected chi connectivity index (χ0v) is 17.9. The van der Waals surface area contributed by atoms with Gasteiger partial charge in [0, 0.05) is 13.2 Å². The third kappa shape index (κ3) is 9.17. The summed E-state index contributed by atoms with van der Waals surface area (Å²) in [5.74, 6) is 1.97. The van der Waals surface area contributed by atoms with E-state index >= 15 is 0 Å². The topological polar surface area (TPSA) is 83.5 Å². The molecule has 0 spiro atoms. The molecule has 0 fully saturated rings. The van der Waals surface area contributed by atoms with Gasteiger partial charge in [-0.1, -0.05) is 18.1 Å². The van der Waals surface area contributed by atoms with Crippen LogP contribution in [0.3, 0.4) is 0 Å². The van der Waals surface area contributed by atoms with Crippen LogP contribution >= 0.6 is 0 Å². The molecule has 170 valence electrons. The molecule has 8 nitrogen and oxygen atoms in total. The fourth-order valence-electron chi connectivity index (χ4n) is 2.93. The van der Waals surface area contributed by atoms with E-state index in [1.165, 1.54) is 4.90 Å². The Kier molecular flexibility index (Phi) is 12.5. The Balaban J connectivity index is 1.34. The molecule has 0 N–H and O–H groups in total. The van der Waals surface area contributed by atoms with Gasteiger partial charge >= 0.3 is 0 Å². The molecule has 0 unspecified atom stereocenters. The van der Waals surface area contributed by atoms with Crippen molar-refractivity contribution in [1.29, 1.82) is 0 Å². The minimum atomic E-state index is -0.210. The van der Waals surface area contributed by atoms with E-state index in [2.05, 4.69) is 5.92 Å². The predicted molar refractivity (Wildman–Crippen MR) is 114 cm³/mol. The van der Waals surface area contributed by atoms with Gasteiger partial charge in [-0.15, -0.1) is 6.42 Å². The lowest BCUT2D eigenvalue weighted by Gasteiger charge is -2.13. The van der Waals surface area contributed by atoms with Crippen LogP contribution in [-0.4, -0.2) is 89.3 Å². The molecule has 0 aromatic heterocycles. The van der Waals surface area contributed by atoms with Gasteiger partial charge in [-0.25, -0.2) is 0 Å². The van der Waals surface area contributed by atoms with E-state index in [0.29, 0.717) is 90.2 Å². The van der Waals surface area contributed by atoms with Crippen molar-refractivity contribution in [2.24, 2.45) is 0 Å². The number of terminal acetylenes is 1. The Labute approximate surface area is 183 Å². The molecule has 0 radical (unpaired) electrons. The molecule has 1 heterocycles. The highest BCUT2D eigenvalue weighted by atomic mass is 16.6. The van der Waals surface area contributed by atoms with Crippen molar-refractivity contribution in [2.45, 2.75) is 12.8 Å². The monoisotopic (exact) mass is 433 g/mol. The highest BCUT2D eigenvalue weighted by Crippen LogP contribution is 2.22. The number of imide groups is 1. The van der Waals surface area contributed by atoms with Crippen LogP contribution in [0.1, 0.15) is 33.6 Å². The number of carbonyl (C=O) groups excluding carboxylic acids is 2. The van der Waals surface area contributed by atoms with Crippen molar-refractivity contribution >= 4 is 11.8 Å². The van der Waals surface area contributed by atoms with E-state index < -0.39 is 0 Å². The maximum atomic E-state index is 12.2. The molecule has 1 aliphatic heterocycles. The fraction of sp³-hybridized carbons (Fsp3) is 0.565. The van der Waals surface area contributed by atoms with E-state index in [9.17, 15) is 9.59 Å². The molecule has 0 saturated heterocycles. The van der Waals surface area contributed by atoms with Crippen molar-refractivity contribution in [1.82, 2.24) is 4.90 Å². The Bertz CT molecular complexity index is 681. The molecule has 0 bridgehead atoms. The first-order valence-electron chi connectivity index (χ1n) is 10.5. The quantitative estimate of drug-likeness (QED) is 0.198. The third-order valence-corrected chi connectivity index (χ3v) is 4.47. The SMILES string of the molecule is C#CCOCCOCCOCCOCCOCCCCN1C(=O)c2ccccc2C1=O. The maximum absolute atomic E-state index is 12.2. The number of fused-ring (bicyclic) bond motifs is 1. The molecule has 2 amide bonds. The molecule has 1 aliphatic rings. The smallest absolute Gasteiger partial charge is 0.261 e. The van der Waals surface area contributed by atoms with Gasteiger partial charge in [0.25, 0.3) is 11.8 Å². The van der Waals surface area contributed by atoms with Gasteiger partial charge in [0.2, 0.25) is 0 Å². The summed E-state index contributed by atoms with van der Waals surface area (Å²) in [7, 11) is 0. The zero-order chi connectivity index (χ0) is 22.2. The molecule has 1 aromatic carbocycles. The van der Waals surface area contributed by atoms with E-state index in [1.54, 1.807) is 24.3 Å². The second kappa shape index (κ2) is 15.5. The maximum Gasteiger partial charge on any atom is 0.261 e. The largest absolute Gasteiger partial charge is 0.379 e. The lowest BCUT2D eigenvalue weighted by Crippen LogP contribution is -2.30. The molecule has 0 atom stereocenters. The lowest BCUT2D eigenvalue weighted by molar-refractivity contribution is -0.00940. The van der Waals surface area contributed by atoms with Crippen molar-refractivity contribution in [3.05, 3.63) is 35.4 Å². The number of unbranched alkanes of at least 4 members (excludes halogenated alkanes) is 1. The molecule has 2 rings (SSSR count). The minimum Gasteiger partial charge on any atom is -0.379 e. The van der Waals surface area contributed by atoms with E-state index in [4.69, 9.17) is 30.1 Å². The zero-order valence-electron chi connectivity index (χ0n) is 17.9. The van der Waals surface area contributed by atoms with Crippen molar-refractivity contribution in [3.8, 4) is 12.3 Å². The molecular formula is C23H31NO7. The van der Waals surface area contributed by atoms with E-state index in [0.717, 1.165) is 6.42 Å². The first-order valence-corrected chi connectivity index (χ1v) is 10.5. The van der Waals surface area contributed by atoms with Crippen LogP contribution in [0.15, 0.2) is 24.3 Å². The summed E-state index contributed by atoms with van der Waals surface area (Å²) in [4.78, 5) is 25.8. The summed E-state index contributed by atoms with van der Waals surface area (Å²) in [5, 5.41) is 0. The highest BCUT2D eigenvalue weighted by Gasteiger charge is 2.34. The molecule has 0 aliphatic carbocycles. The van der Waals surface area contributed by atoms with Crippen LogP contribution in [0.4, 0.5) is 0 Å². The summed E-state index contributed by atoms with van der Waals surface area (Å²) in [6, 6.07) is 6.92. The summed E-state index contributed by atoms with van der Waals surface area (Å²) in [6.45, 7) is 5.23. The molecule has 1 aromatic rings. The van der Waals surface area contributed by atoms with Crippen LogP contribution in [0.25, 0.3) is 0 Å². The standard InChI is InChI=1S/C23H31NO7/c1-2-10-27-12-14-29-16-18-31-19-17-30-15-13-28-11-6-5-9-24-22(25)20-7-3-4-8-21(20)23(24)26/h1,3-4,7-8H,5-6,9-19H2. The fourth-order valence-corrected chi connectivity index (χ4v) is 2.93. The number of hydrogen-bond donors (Lipinski definition) is 0. The Morgan fingerprint density at radius 2 is 1.13 bits per heavy atom. The summed E-state index contributed by atoms with van der Waals surface area (Å²) >= 11 is 0. The van der Waals surface area contributed by atoms with Gasteiger partial charge < -0.3 is 23.7 Å². The van der Waals surface area contributed by atoms with Gasteiger partial charge in [-0.05, 0) is 25.0 Å². The number of nitrogens with zero attached hydrogens (tertiary/aromatic N) is 1. The minimum absolute atomic E-state index is 0.210. The summed E-state index contributed by atoms with van der Waals surface area (Å²) in [5.41, 5.74) is 0.978. The van der Waals surface area contributed by atoms with E-state index in [1.807, 2.05) is 0 Å². The average molecular weight is 434 g/mol. The van der Waals surface area contributed by atoms with Gasteiger partial charge in [0.15, 0.2) is 0 Å². The van der Waals surface area contributed by atoms with Crippen LogP contribution < -0.4 is 0 Å². The summed E-state index contributed by atoms with van der Waals surface area (Å²) < 4.78 is 26.7. The first kappa shape index (κ1) is 25.0. The van der Waals surface area contributed by atoms with Gasteiger partial charge in [-0.2, -0.15) is 0 Å². The lowest BCUT2D eigenvalue weighted by atomic mass is 10.1. The van der Waals surface area contributed by atoms with Crippen LogP contribution in [-0.2, 0) is 23.7 Å². The average Bonchev–Trinajstić information content (AvgIpc) is 3.03. The molecule has 0 saturated carbocycles. The Morgan fingerprint density at radius 1 is 0.677 bits per heavy atom. The van der Waals surface area contributed by atoms with Gasteiger partial charge in [0.05, 0.1) is 64.0 Å². The predicted octanol–water partition coefficient (Wildman–Crippen LogP) is 1.78. The van der Waals surface area contributed by atoms with E-state index in [-0.39, 0.29) is 11.8 Å². The Morgan fingerprint density at radius 3 is 1.61 bits per heavy atom. The van der Waals surface area contributed by atoms with Gasteiger partial charge in [-0.3, -0.25) is 14.5 Å². The van der Waals surface area contributed by atoms with Crippen molar-refractivity contribution in [2.75, 3.05) is 72.6 Å². The number of ether oxygens (including phenoxy) is 5. The second-order valence-electron chi connectivity index (χ2n) is 6.72. The van der Waals surface area contributed by atoms with Crippen LogP contribution in [0.5, 0.6) is 0 Å². The molecule has 8 heteroatoms. The number of amides is 2. The van der Waals surface area contributed by atoms with Gasteiger partial charge in [0.1, 0.15) is 6.61 Å². The third-order valence-electron chi connectivity index (χ3n) is 4.47. The second-order valence-corrected chi connectivity index (χ2v) is 6.72. The highest BCUT2D eigenvalue weighted by molar-refractivity contribution is 6.21. The van der Waals surface area contributed by atoms with Crippen LogP contribution in [0, 0.1) is 12.3 Å². The number of benzene rings is 1. The normalized spacial score (nSPS) is 12.9. The van der Waals surface area contributed by atoms with Crippen molar-refractivity contribution in [3.63, 3.8) is 0 Å². The number of hydrogen-bond acceptors (Lipinski definition) is 7. The molecule has 31 heavy (non-hydrogen) atoms. The first-order chi connectivity index (χ1) is 15.3. The Hall–Kier alpha value is -2.28. The van der Waals surface area contributed by atoms with Crippen molar-refractivity contribution < 1.29 is 33.3 Å². The molecular weight excluding hydrogens is 402 g/mol. The van der Waals surface area contributed by atoms with Crippen LogP contribution in [0.2, 0.25) is 0 Å².